The topological polar surface area (TPSA) is 83.6 Å². The number of halogens is 1. The molecule has 1 aromatic rings. The number of rotatable bonds is 5. The van der Waals surface area contributed by atoms with E-state index in [1.165, 1.54) is 22.5 Å². The molecule has 1 aliphatic rings. The molecule has 0 aromatic heterocycles. The van der Waals surface area contributed by atoms with Crippen LogP contribution in [-0.2, 0) is 20.0 Å². The Hall–Kier alpha value is -1.03. The summed E-state index contributed by atoms with van der Waals surface area (Å²) < 4.78 is 64.3. The van der Waals surface area contributed by atoms with Gasteiger partial charge in [-0.2, -0.15) is 0 Å². The Morgan fingerprint density at radius 2 is 1.77 bits per heavy atom. The fraction of sp³-hybridized carbons (Fsp3) is 0.538. The zero-order valence-electron chi connectivity index (χ0n) is 12.2. The van der Waals surface area contributed by atoms with Crippen molar-refractivity contribution < 1.29 is 21.2 Å². The van der Waals surface area contributed by atoms with Gasteiger partial charge in [0.2, 0.25) is 20.0 Å². The maximum absolute atomic E-state index is 13.5. The van der Waals surface area contributed by atoms with Crippen molar-refractivity contribution in [3.05, 3.63) is 30.1 Å². The third kappa shape index (κ3) is 4.25. The predicted molar refractivity (Wildman–Crippen MR) is 80.7 cm³/mol. The highest BCUT2D eigenvalue weighted by atomic mass is 32.2. The van der Waals surface area contributed by atoms with Crippen LogP contribution in [-0.4, -0.2) is 47.0 Å². The van der Waals surface area contributed by atoms with Crippen LogP contribution in [0.3, 0.4) is 0 Å². The maximum atomic E-state index is 13.5. The average Bonchev–Trinajstić information content (AvgIpc) is 2.45. The molecule has 9 heteroatoms. The Bertz CT molecular complexity index is 726. The first kappa shape index (κ1) is 17.3. The van der Waals surface area contributed by atoms with E-state index in [4.69, 9.17) is 0 Å². The normalized spacial score (nSPS) is 18.5. The van der Waals surface area contributed by atoms with Crippen molar-refractivity contribution in [3.8, 4) is 0 Å². The third-order valence-corrected chi connectivity index (χ3v) is 6.49. The molecule has 0 radical (unpaired) electrons. The Balaban J connectivity index is 1.93. The lowest BCUT2D eigenvalue weighted by atomic mass is 9.99. The average molecular weight is 350 g/mol. The summed E-state index contributed by atoms with van der Waals surface area (Å²) in [5.74, 6) is -0.749. The van der Waals surface area contributed by atoms with Crippen LogP contribution in [0.5, 0.6) is 0 Å². The first-order valence-electron chi connectivity index (χ1n) is 6.89. The molecule has 6 nitrogen and oxygen atoms in total. The van der Waals surface area contributed by atoms with Crippen molar-refractivity contribution in [1.29, 1.82) is 0 Å². The first-order chi connectivity index (χ1) is 10.2. The minimum Gasteiger partial charge on any atom is -0.213 e. The molecule has 124 valence electrons. The Labute approximate surface area is 130 Å². The van der Waals surface area contributed by atoms with Gasteiger partial charge in [-0.15, -0.1) is 0 Å². The number of nitrogens with zero attached hydrogens (tertiary/aromatic N) is 1. The van der Waals surface area contributed by atoms with Gasteiger partial charge in [-0.05, 0) is 30.9 Å². The highest BCUT2D eigenvalue weighted by Crippen LogP contribution is 2.20. The monoisotopic (exact) mass is 350 g/mol. The van der Waals surface area contributed by atoms with E-state index in [1.54, 1.807) is 0 Å². The summed E-state index contributed by atoms with van der Waals surface area (Å²) in [5, 5.41) is 0. The zero-order valence-corrected chi connectivity index (χ0v) is 13.8. The molecule has 0 aliphatic carbocycles. The standard InChI is InChI=1S/C13H19FN2O4S2/c1-21(17,18)16-8-6-11(7-9-16)10-15-22(19,20)13-5-3-2-4-12(13)14/h2-5,11,15H,6-10H2,1H3. The molecule has 2 rings (SSSR count). The van der Waals surface area contributed by atoms with Gasteiger partial charge in [0.1, 0.15) is 10.7 Å². The molecule has 1 heterocycles. The molecule has 22 heavy (non-hydrogen) atoms. The number of benzene rings is 1. The molecule has 1 N–H and O–H groups in total. The summed E-state index contributed by atoms with van der Waals surface area (Å²) in [5.41, 5.74) is 0. The van der Waals surface area contributed by atoms with Crippen molar-refractivity contribution in [2.75, 3.05) is 25.9 Å². The number of sulfonamides is 2. The van der Waals surface area contributed by atoms with Gasteiger partial charge < -0.3 is 0 Å². The van der Waals surface area contributed by atoms with Crippen LogP contribution < -0.4 is 4.72 Å². The highest BCUT2D eigenvalue weighted by Gasteiger charge is 2.26. The van der Waals surface area contributed by atoms with E-state index in [0.717, 1.165) is 12.3 Å². The van der Waals surface area contributed by atoms with Crippen molar-refractivity contribution in [2.45, 2.75) is 17.7 Å². The number of nitrogens with one attached hydrogen (secondary N) is 1. The Morgan fingerprint density at radius 3 is 2.32 bits per heavy atom. The van der Waals surface area contributed by atoms with Gasteiger partial charge in [0, 0.05) is 19.6 Å². The van der Waals surface area contributed by atoms with E-state index < -0.39 is 25.9 Å². The molecular formula is C13H19FN2O4S2. The van der Waals surface area contributed by atoms with Crippen molar-refractivity contribution >= 4 is 20.0 Å². The second kappa shape index (κ2) is 6.61. The molecule has 0 bridgehead atoms. The summed E-state index contributed by atoms with van der Waals surface area (Å²) in [6, 6.07) is 5.20. The van der Waals surface area contributed by atoms with Gasteiger partial charge in [0.15, 0.2) is 0 Å². The second-order valence-electron chi connectivity index (χ2n) is 5.39. The van der Waals surface area contributed by atoms with Crippen molar-refractivity contribution in [2.24, 2.45) is 5.92 Å². The lowest BCUT2D eigenvalue weighted by molar-refractivity contribution is 0.275. The molecular weight excluding hydrogens is 331 g/mol. The summed E-state index contributed by atoms with van der Waals surface area (Å²) >= 11 is 0. The molecule has 1 fully saturated rings. The van der Waals surface area contributed by atoms with E-state index in [0.29, 0.717) is 25.9 Å². The molecule has 0 saturated carbocycles. The minimum atomic E-state index is -3.89. The quantitative estimate of drug-likeness (QED) is 0.850. The van der Waals surface area contributed by atoms with Gasteiger partial charge >= 0.3 is 0 Å². The summed E-state index contributed by atoms with van der Waals surface area (Å²) in [7, 11) is -7.09. The maximum Gasteiger partial charge on any atom is 0.243 e. The molecule has 0 atom stereocenters. The SMILES string of the molecule is CS(=O)(=O)N1CCC(CNS(=O)(=O)c2ccccc2F)CC1. The Morgan fingerprint density at radius 1 is 1.18 bits per heavy atom. The molecule has 0 unspecified atom stereocenters. The van der Waals surface area contributed by atoms with Gasteiger partial charge in [0.25, 0.3) is 0 Å². The molecule has 1 saturated heterocycles. The van der Waals surface area contributed by atoms with E-state index in [-0.39, 0.29) is 17.4 Å². The fourth-order valence-electron chi connectivity index (χ4n) is 2.41. The lowest BCUT2D eigenvalue weighted by Gasteiger charge is -2.30. The molecule has 1 aromatic carbocycles. The van der Waals surface area contributed by atoms with Gasteiger partial charge in [-0.3, -0.25) is 0 Å². The van der Waals surface area contributed by atoms with Crippen LogP contribution in [0.4, 0.5) is 4.39 Å². The number of hydrogen-bond acceptors (Lipinski definition) is 4. The smallest absolute Gasteiger partial charge is 0.213 e. The second-order valence-corrected chi connectivity index (χ2v) is 9.11. The lowest BCUT2D eigenvalue weighted by Crippen LogP contribution is -2.41. The van der Waals surface area contributed by atoms with Crippen LogP contribution in [0, 0.1) is 11.7 Å². The Kier molecular flexibility index (Phi) is 5.21. The predicted octanol–water partition coefficient (Wildman–Crippen LogP) is 0.776. The van der Waals surface area contributed by atoms with Crippen LogP contribution in [0.2, 0.25) is 0 Å². The summed E-state index contributed by atoms with van der Waals surface area (Å²) in [6.45, 7) is 0.935. The van der Waals surface area contributed by atoms with Gasteiger partial charge in [-0.25, -0.2) is 30.3 Å². The fourth-order valence-corrected chi connectivity index (χ4v) is 4.48. The van der Waals surface area contributed by atoms with E-state index in [1.807, 2.05) is 0 Å². The first-order valence-corrected chi connectivity index (χ1v) is 10.2. The van der Waals surface area contributed by atoms with Crippen LogP contribution in [0.15, 0.2) is 29.2 Å². The van der Waals surface area contributed by atoms with Gasteiger partial charge in [0.05, 0.1) is 6.26 Å². The van der Waals surface area contributed by atoms with E-state index in [9.17, 15) is 21.2 Å². The molecule has 0 amide bonds. The van der Waals surface area contributed by atoms with Crippen LogP contribution in [0.1, 0.15) is 12.8 Å². The molecule has 1 aliphatic heterocycles. The summed E-state index contributed by atoms with van der Waals surface area (Å²) in [6.07, 6.45) is 2.31. The molecule has 0 spiro atoms. The minimum absolute atomic E-state index is 0.0412. The van der Waals surface area contributed by atoms with Crippen LogP contribution >= 0.6 is 0 Å². The number of piperidine rings is 1. The zero-order chi connectivity index (χ0) is 16.4. The van der Waals surface area contributed by atoms with Crippen LogP contribution in [0.25, 0.3) is 0 Å². The van der Waals surface area contributed by atoms with E-state index in [2.05, 4.69) is 4.72 Å². The summed E-state index contributed by atoms with van der Waals surface area (Å²) in [4.78, 5) is -0.372. The van der Waals surface area contributed by atoms with Crippen molar-refractivity contribution in [3.63, 3.8) is 0 Å². The highest BCUT2D eigenvalue weighted by molar-refractivity contribution is 7.89. The number of hydrogen-bond donors (Lipinski definition) is 1. The van der Waals surface area contributed by atoms with E-state index >= 15 is 0 Å². The largest absolute Gasteiger partial charge is 0.243 e. The van der Waals surface area contributed by atoms with Gasteiger partial charge in [-0.1, -0.05) is 12.1 Å². The third-order valence-electron chi connectivity index (χ3n) is 3.73. The van der Waals surface area contributed by atoms with Crippen molar-refractivity contribution in [1.82, 2.24) is 9.03 Å².